The first-order chi connectivity index (χ1) is 20.7. The highest BCUT2D eigenvalue weighted by Crippen LogP contribution is 2.46. The van der Waals surface area contributed by atoms with Crippen molar-refractivity contribution in [3.8, 4) is 0 Å². The van der Waals surface area contributed by atoms with Gasteiger partial charge in [-0.2, -0.15) is 0 Å². The molecule has 0 heterocycles. The Morgan fingerprint density at radius 3 is 0.651 bits per heavy atom. The second-order valence-corrected chi connectivity index (χ2v) is 10.7. The van der Waals surface area contributed by atoms with Crippen molar-refractivity contribution in [2.45, 2.75) is 177 Å². The Morgan fingerprint density at radius 2 is 0.488 bits per heavy atom. The van der Waals surface area contributed by atoms with Crippen molar-refractivity contribution in [2.24, 2.45) is 0 Å². The first-order valence-electron chi connectivity index (χ1n) is 16.1. The van der Waals surface area contributed by atoms with E-state index in [1.165, 1.54) is 0 Å². The summed E-state index contributed by atoms with van der Waals surface area (Å²) >= 11 is 0. The Morgan fingerprint density at radius 1 is 0.302 bits per heavy atom. The number of ether oxygens (including phenoxy) is 9. The molecule has 0 bridgehead atoms. The van der Waals surface area contributed by atoms with Gasteiger partial charge >= 0.3 is 8.60 Å². The zero-order valence-corrected chi connectivity index (χ0v) is 29.8. The second-order valence-electron chi connectivity index (χ2n) is 9.60. The third-order valence-corrected chi connectivity index (χ3v) is 7.44. The van der Waals surface area contributed by atoms with Crippen molar-refractivity contribution in [3.05, 3.63) is 0 Å². The number of hydrogen-bond donors (Lipinski definition) is 0. The first kappa shape index (κ1) is 43.0. The lowest BCUT2D eigenvalue weighted by Gasteiger charge is -2.33. The van der Waals surface area contributed by atoms with Gasteiger partial charge in [-0.1, -0.05) is 62.3 Å². The zero-order chi connectivity index (χ0) is 32.6. The molecule has 0 rings (SSSR count). The highest BCUT2D eigenvalue weighted by atomic mass is 31.2. The van der Waals surface area contributed by atoms with Crippen LogP contribution in [0.4, 0.5) is 0 Å². The third-order valence-electron chi connectivity index (χ3n) is 6.22. The number of hydrogen-bond acceptors (Lipinski definition) is 12. The van der Waals surface area contributed by atoms with Gasteiger partial charge < -0.3 is 42.6 Å². The fourth-order valence-corrected chi connectivity index (χ4v) is 4.92. The van der Waals surface area contributed by atoms with Gasteiger partial charge in [-0.3, -0.25) is 13.6 Å². The van der Waals surface area contributed by atoms with Gasteiger partial charge in [0.2, 0.25) is 0 Å². The van der Waals surface area contributed by atoms with E-state index in [0.717, 1.165) is 0 Å². The second kappa shape index (κ2) is 27.1. The molecule has 0 aromatic heterocycles. The maximum Gasteiger partial charge on any atom is 0.339 e. The minimum absolute atomic E-state index is 0.387. The summed E-state index contributed by atoms with van der Waals surface area (Å²) < 4.78 is 71.5. The van der Waals surface area contributed by atoms with Crippen LogP contribution in [0.1, 0.15) is 120 Å². The minimum atomic E-state index is -2.02. The van der Waals surface area contributed by atoms with Crippen LogP contribution in [-0.4, -0.2) is 77.9 Å². The average molecular weight is 647 g/mol. The summed E-state index contributed by atoms with van der Waals surface area (Å²) in [4.78, 5) is 0. The molecule has 0 spiro atoms. The molecule has 9 unspecified atom stereocenters. The van der Waals surface area contributed by atoms with Crippen molar-refractivity contribution in [1.29, 1.82) is 0 Å². The quantitative estimate of drug-likeness (QED) is 0.0558. The average Bonchev–Trinajstić information content (AvgIpc) is 3.04. The molecule has 0 aliphatic heterocycles. The SMILES string of the molecule is CCC(OC)OC(CC)OC(CC)OP(OC(CC)OC(CC)OC(CC)OC)OC(CC)OC(CC)OC(CC)OC. The summed E-state index contributed by atoms with van der Waals surface area (Å²) in [6.45, 7) is 17.7. The maximum atomic E-state index is 6.31. The summed E-state index contributed by atoms with van der Waals surface area (Å²) in [5, 5.41) is 0. The van der Waals surface area contributed by atoms with E-state index in [0.29, 0.717) is 57.8 Å². The molecule has 0 N–H and O–H groups in total. The first-order valence-corrected chi connectivity index (χ1v) is 17.1. The van der Waals surface area contributed by atoms with E-state index in [4.69, 9.17) is 56.2 Å². The Bertz CT molecular complexity index is 529. The van der Waals surface area contributed by atoms with Crippen LogP contribution in [0.2, 0.25) is 0 Å². The molecule has 0 aliphatic rings. The molecule has 43 heavy (non-hydrogen) atoms. The Hall–Kier alpha value is -0.0500. The topological polar surface area (TPSA) is 111 Å². The molecule has 0 radical (unpaired) electrons. The van der Waals surface area contributed by atoms with Crippen LogP contribution in [0.5, 0.6) is 0 Å². The fourth-order valence-electron chi connectivity index (χ4n) is 3.59. The number of methoxy groups -OCH3 is 3. The van der Waals surface area contributed by atoms with Gasteiger partial charge in [0.15, 0.2) is 56.6 Å². The maximum absolute atomic E-state index is 6.31. The van der Waals surface area contributed by atoms with Crippen LogP contribution in [0, 0.1) is 0 Å². The van der Waals surface area contributed by atoms with Gasteiger partial charge in [-0.05, 0) is 57.8 Å². The van der Waals surface area contributed by atoms with Crippen LogP contribution in [-0.2, 0) is 56.2 Å². The minimum Gasteiger partial charge on any atom is -0.356 e. The molecule has 0 saturated carbocycles. The van der Waals surface area contributed by atoms with E-state index in [1.807, 2.05) is 62.3 Å². The summed E-state index contributed by atoms with van der Waals surface area (Å²) in [6, 6.07) is 0. The molecule has 9 atom stereocenters. The summed E-state index contributed by atoms with van der Waals surface area (Å²) in [5.74, 6) is 0. The molecule has 0 aliphatic carbocycles. The van der Waals surface area contributed by atoms with Crippen molar-refractivity contribution in [3.63, 3.8) is 0 Å². The normalized spacial score (nSPS) is 19.3. The monoisotopic (exact) mass is 646 g/mol. The van der Waals surface area contributed by atoms with Crippen molar-refractivity contribution in [2.75, 3.05) is 21.3 Å². The van der Waals surface area contributed by atoms with Gasteiger partial charge in [-0.15, -0.1) is 0 Å². The number of rotatable bonds is 30. The molecule has 0 amide bonds. The Labute approximate surface area is 262 Å². The molecule has 13 heteroatoms. The Kier molecular flexibility index (Phi) is 27.1. The van der Waals surface area contributed by atoms with E-state index in [2.05, 4.69) is 0 Å². The molecule has 0 fully saturated rings. The summed E-state index contributed by atoms with van der Waals surface area (Å²) in [5.41, 5.74) is 0. The van der Waals surface area contributed by atoms with Gasteiger partial charge in [0.25, 0.3) is 0 Å². The van der Waals surface area contributed by atoms with Crippen LogP contribution < -0.4 is 0 Å². The molecule has 0 saturated heterocycles. The van der Waals surface area contributed by atoms with E-state index in [1.54, 1.807) is 21.3 Å². The third kappa shape index (κ3) is 18.6. The largest absolute Gasteiger partial charge is 0.356 e. The molecular formula is C30H63O12P. The molecule has 12 nitrogen and oxygen atoms in total. The smallest absolute Gasteiger partial charge is 0.339 e. The van der Waals surface area contributed by atoms with Crippen molar-refractivity contribution in [1.82, 2.24) is 0 Å². The van der Waals surface area contributed by atoms with Crippen LogP contribution in [0.3, 0.4) is 0 Å². The van der Waals surface area contributed by atoms with Gasteiger partial charge in [0, 0.05) is 21.3 Å². The summed E-state index contributed by atoms with van der Waals surface area (Å²) in [7, 11) is 2.80. The molecule has 0 aromatic carbocycles. The highest BCUT2D eigenvalue weighted by molar-refractivity contribution is 7.41. The molecule has 0 aromatic rings. The Balaban J connectivity index is 5.88. The van der Waals surface area contributed by atoms with E-state index >= 15 is 0 Å². The summed E-state index contributed by atoms with van der Waals surface area (Å²) in [6.07, 6.45) is 0.552. The van der Waals surface area contributed by atoms with Crippen molar-refractivity contribution >= 4 is 8.60 Å². The predicted octanol–water partition coefficient (Wildman–Crippen LogP) is 7.93. The fraction of sp³-hybridized carbons (Fsp3) is 1.00. The van der Waals surface area contributed by atoms with Crippen LogP contribution >= 0.6 is 8.60 Å². The van der Waals surface area contributed by atoms with Crippen LogP contribution in [0.25, 0.3) is 0 Å². The van der Waals surface area contributed by atoms with E-state index < -0.39 is 46.3 Å². The highest BCUT2D eigenvalue weighted by Gasteiger charge is 2.31. The van der Waals surface area contributed by atoms with Gasteiger partial charge in [0.1, 0.15) is 0 Å². The predicted molar refractivity (Wildman–Crippen MR) is 164 cm³/mol. The van der Waals surface area contributed by atoms with Crippen molar-refractivity contribution < 1.29 is 56.2 Å². The molecular weight excluding hydrogens is 583 g/mol. The lowest BCUT2D eigenvalue weighted by molar-refractivity contribution is -0.293. The van der Waals surface area contributed by atoms with Gasteiger partial charge in [0.05, 0.1) is 0 Å². The standard InChI is InChI=1S/C30H63O12P/c1-13-22(31-10)34-25(16-4)37-28(19-7)40-43(41-29(20-8)38-26(17-5)35-23(14-2)32-11)42-30(21-9)39-27(18-6)36-24(15-3)33-12/h22-30H,13-21H2,1-12H3. The van der Waals surface area contributed by atoms with Gasteiger partial charge in [-0.25, -0.2) is 0 Å². The zero-order valence-electron chi connectivity index (χ0n) is 28.9. The lowest BCUT2D eigenvalue weighted by Crippen LogP contribution is -2.33. The lowest BCUT2D eigenvalue weighted by atomic mass is 10.4. The van der Waals surface area contributed by atoms with Crippen LogP contribution in [0.15, 0.2) is 0 Å². The molecule has 260 valence electrons. The van der Waals surface area contributed by atoms with E-state index in [9.17, 15) is 0 Å². The van der Waals surface area contributed by atoms with E-state index in [-0.39, 0.29) is 18.9 Å².